The van der Waals surface area contributed by atoms with E-state index < -0.39 is 0 Å². The van der Waals surface area contributed by atoms with E-state index >= 15 is 0 Å². The van der Waals surface area contributed by atoms with Crippen LogP contribution in [0.4, 0.5) is 0 Å². The van der Waals surface area contributed by atoms with Crippen molar-refractivity contribution < 1.29 is 0 Å². The number of nitrogens with one attached hydrogen (secondary N) is 4. The SMILES string of the molecule is c1c(SC2CCCCC2)cc2nc1CNC1CCCCC1NCCN[C@@H]1CCCC[C@H]1NC2. The van der Waals surface area contributed by atoms with Gasteiger partial charge in [-0.2, -0.15) is 0 Å². The summed E-state index contributed by atoms with van der Waals surface area (Å²) in [5.41, 5.74) is 2.45. The first-order valence-electron chi connectivity index (χ1n) is 13.9. The highest BCUT2D eigenvalue weighted by Crippen LogP contribution is 2.34. The minimum absolute atomic E-state index is 0.560. The van der Waals surface area contributed by atoms with E-state index in [4.69, 9.17) is 4.98 Å². The van der Waals surface area contributed by atoms with Gasteiger partial charge in [0.25, 0.3) is 0 Å². The second-order valence-corrected chi connectivity index (χ2v) is 12.2. The van der Waals surface area contributed by atoms with E-state index in [1.54, 1.807) is 0 Å². The maximum atomic E-state index is 5.13. The van der Waals surface area contributed by atoms with E-state index in [0.29, 0.717) is 24.2 Å². The molecule has 2 bridgehead atoms. The molecule has 4 atom stereocenters. The van der Waals surface area contributed by atoms with Gasteiger partial charge in [-0.05, 0) is 50.7 Å². The van der Waals surface area contributed by atoms with Gasteiger partial charge < -0.3 is 21.3 Å². The third-order valence-corrected chi connectivity index (χ3v) is 9.63. The highest BCUT2D eigenvalue weighted by molar-refractivity contribution is 8.00. The van der Waals surface area contributed by atoms with Crippen LogP contribution in [-0.4, -0.2) is 47.5 Å². The summed E-state index contributed by atoms with van der Waals surface area (Å²) in [6.07, 6.45) is 17.5. The van der Waals surface area contributed by atoms with E-state index in [1.165, 1.54) is 99.8 Å². The predicted molar refractivity (Wildman–Crippen MR) is 139 cm³/mol. The number of nitrogens with zero attached hydrogens (tertiary/aromatic N) is 1. The van der Waals surface area contributed by atoms with Gasteiger partial charge in [-0.1, -0.05) is 44.9 Å². The van der Waals surface area contributed by atoms with Crippen LogP contribution >= 0.6 is 11.8 Å². The van der Waals surface area contributed by atoms with Gasteiger partial charge in [0.1, 0.15) is 0 Å². The van der Waals surface area contributed by atoms with Crippen molar-refractivity contribution in [3.8, 4) is 0 Å². The maximum absolute atomic E-state index is 5.13. The highest BCUT2D eigenvalue weighted by Gasteiger charge is 2.27. The summed E-state index contributed by atoms with van der Waals surface area (Å²) in [7, 11) is 0. The third kappa shape index (κ3) is 6.94. The van der Waals surface area contributed by atoms with E-state index in [1.807, 2.05) is 0 Å². The Hall–Kier alpha value is -0.660. The minimum atomic E-state index is 0.560. The number of pyridine rings is 1. The lowest BCUT2D eigenvalue weighted by atomic mass is 9.89. The largest absolute Gasteiger partial charge is 0.311 e. The Morgan fingerprint density at radius 1 is 0.576 bits per heavy atom. The molecule has 4 aliphatic rings. The zero-order chi connectivity index (χ0) is 22.3. The molecule has 0 aromatic carbocycles. The van der Waals surface area contributed by atoms with Crippen LogP contribution in [0, 0.1) is 0 Å². The van der Waals surface area contributed by atoms with Crippen molar-refractivity contribution in [3.63, 3.8) is 0 Å². The van der Waals surface area contributed by atoms with Crippen LogP contribution in [0.1, 0.15) is 94.9 Å². The maximum Gasteiger partial charge on any atom is 0.0556 e. The molecule has 3 fully saturated rings. The van der Waals surface area contributed by atoms with Crippen molar-refractivity contribution in [2.24, 2.45) is 0 Å². The van der Waals surface area contributed by atoms with Crippen LogP contribution in [0.15, 0.2) is 17.0 Å². The smallest absolute Gasteiger partial charge is 0.0556 e. The molecule has 5 rings (SSSR count). The van der Waals surface area contributed by atoms with Crippen molar-refractivity contribution in [2.45, 2.75) is 131 Å². The van der Waals surface area contributed by atoms with Crippen LogP contribution in [0.25, 0.3) is 0 Å². The Labute approximate surface area is 205 Å². The molecule has 0 spiro atoms. The third-order valence-electron chi connectivity index (χ3n) is 8.32. The molecule has 0 saturated heterocycles. The molecular weight excluding hydrogens is 426 g/mol. The summed E-state index contributed by atoms with van der Waals surface area (Å²) >= 11 is 2.12. The van der Waals surface area contributed by atoms with Crippen molar-refractivity contribution in [2.75, 3.05) is 13.1 Å². The van der Waals surface area contributed by atoms with Crippen molar-refractivity contribution in [3.05, 3.63) is 23.5 Å². The van der Waals surface area contributed by atoms with Gasteiger partial charge in [-0.25, -0.2) is 0 Å². The average molecular weight is 472 g/mol. The summed E-state index contributed by atoms with van der Waals surface area (Å²) < 4.78 is 0. The number of hydrogen-bond acceptors (Lipinski definition) is 6. The van der Waals surface area contributed by atoms with Gasteiger partial charge >= 0.3 is 0 Å². The molecule has 1 aliphatic heterocycles. The fourth-order valence-electron chi connectivity index (χ4n) is 6.47. The van der Waals surface area contributed by atoms with Crippen LogP contribution in [-0.2, 0) is 13.1 Å². The Morgan fingerprint density at radius 2 is 1.03 bits per heavy atom. The molecule has 0 radical (unpaired) electrons. The summed E-state index contributed by atoms with van der Waals surface area (Å²) in [4.78, 5) is 6.57. The fourth-order valence-corrected chi connectivity index (χ4v) is 7.83. The summed E-state index contributed by atoms with van der Waals surface area (Å²) in [6, 6.07) is 7.05. The van der Waals surface area contributed by atoms with Gasteiger partial charge in [0.2, 0.25) is 0 Å². The predicted octanol–water partition coefficient (Wildman–Crippen LogP) is 4.50. The van der Waals surface area contributed by atoms with Crippen molar-refractivity contribution in [1.29, 1.82) is 0 Å². The van der Waals surface area contributed by atoms with Gasteiger partial charge in [0.15, 0.2) is 0 Å². The second-order valence-electron chi connectivity index (χ2n) is 10.8. The quantitative estimate of drug-likeness (QED) is 0.509. The van der Waals surface area contributed by atoms with E-state index in [-0.39, 0.29) is 0 Å². The standard InChI is InChI=1S/C27H45N5S/c1-2-8-22(9-3-1)33-23-16-20-18-30-26-12-6-4-10-24(26)28-14-15-29-25-11-5-7-13-27(25)31-19-21(17-23)32-20/h16-17,22,24-31H,1-15,18-19H2/t24-,25?,26-,27?/m1/s1. The summed E-state index contributed by atoms with van der Waals surface area (Å²) in [6.45, 7) is 3.92. The van der Waals surface area contributed by atoms with Gasteiger partial charge in [-0.15, -0.1) is 11.8 Å². The molecule has 1 aromatic heterocycles. The van der Waals surface area contributed by atoms with Crippen molar-refractivity contribution >= 4 is 11.8 Å². The molecule has 1 aromatic rings. The molecule has 2 heterocycles. The fraction of sp³-hybridized carbons (Fsp3) is 0.815. The van der Waals surface area contributed by atoms with Crippen LogP contribution in [0.3, 0.4) is 0 Å². The normalized spacial score (nSPS) is 32.7. The molecule has 5 nitrogen and oxygen atoms in total. The number of rotatable bonds is 2. The molecule has 3 saturated carbocycles. The van der Waals surface area contributed by atoms with E-state index in [9.17, 15) is 0 Å². The Kier molecular flexibility index (Phi) is 9.00. The highest BCUT2D eigenvalue weighted by atomic mass is 32.2. The van der Waals surface area contributed by atoms with Gasteiger partial charge in [0.05, 0.1) is 11.4 Å². The summed E-state index contributed by atoms with van der Waals surface area (Å²) in [5, 5.41) is 16.4. The molecule has 33 heavy (non-hydrogen) atoms. The molecule has 184 valence electrons. The average Bonchev–Trinajstić information content (AvgIpc) is 2.86. The van der Waals surface area contributed by atoms with Crippen LogP contribution in [0.5, 0.6) is 0 Å². The lowest BCUT2D eigenvalue weighted by molar-refractivity contribution is 0.266. The van der Waals surface area contributed by atoms with Gasteiger partial charge in [0, 0.05) is 60.5 Å². The van der Waals surface area contributed by atoms with Crippen LogP contribution in [0.2, 0.25) is 0 Å². The van der Waals surface area contributed by atoms with Crippen molar-refractivity contribution in [1.82, 2.24) is 26.3 Å². The number of hydrogen-bond donors (Lipinski definition) is 4. The molecule has 6 heteroatoms. The Balaban J connectivity index is 1.34. The first kappa shape index (κ1) is 24.1. The number of thioether (sulfide) groups is 1. The lowest BCUT2D eigenvalue weighted by Crippen LogP contribution is -2.53. The monoisotopic (exact) mass is 471 g/mol. The molecule has 0 amide bonds. The van der Waals surface area contributed by atoms with Crippen LogP contribution < -0.4 is 21.3 Å². The number of aromatic nitrogens is 1. The second kappa shape index (κ2) is 12.3. The zero-order valence-electron chi connectivity index (χ0n) is 20.4. The number of fused-ring (bicyclic) bond motifs is 4. The zero-order valence-corrected chi connectivity index (χ0v) is 21.2. The molecular formula is C27H45N5S. The minimum Gasteiger partial charge on any atom is -0.311 e. The summed E-state index contributed by atoms with van der Waals surface area (Å²) in [5.74, 6) is 0. The van der Waals surface area contributed by atoms with E-state index in [0.717, 1.165) is 31.4 Å². The molecule has 4 N–H and O–H groups in total. The van der Waals surface area contributed by atoms with Gasteiger partial charge in [-0.3, -0.25) is 4.98 Å². The molecule has 3 aliphatic carbocycles. The lowest BCUT2D eigenvalue weighted by Gasteiger charge is -2.34. The van der Waals surface area contributed by atoms with E-state index in [2.05, 4.69) is 45.2 Å². The first-order valence-corrected chi connectivity index (χ1v) is 14.8. The molecule has 2 unspecified atom stereocenters. The first-order chi connectivity index (χ1) is 16.3. The Morgan fingerprint density at radius 3 is 1.55 bits per heavy atom. The topological polar surface area (TPSA) is 61.0 Å². The Bertz CT molecular complexity index is 689.